The van der Waals surface area contributed by atoms with Gasteiger partial charge in [0.2, 0.25) is 0 Å². The van der Waals surface area contributed by atoms with E-state index >= 15 is 0 Å². The van der Waals surface area contributed by atoms with Gasteiger partial charge in [0.05, 0.1) is 18.8 Å². The lowest BCUT2D eigenvalue weighted by atomic mass is 9.85. The first kappa shape index (κ1) is 57.6. The van der Waals surface area contributed by atoms with E-state index in [-0.39, 0.29) is 18.9 Å². The minimum atomic E-state index is -5.14. The van der Waals surface area contributed by atoms with Gasteiger partial charge < -0.3 is 44.6 Å². The van der Waals surface area contributed by atoms with Gasteiger partial charge >= 0.3 is 19.8 Å². The van der Waals surface area contributed by atoms with Gasteiger partial charge in [-0.1, -0.05) is 132 Å². The third kappa shape index (κ3) is 27.2. The summed E-state index contributed by atoms with van der Waals surface area (Å²) in [5, 5.41) is 50.2. The monoisotopic (exact) mass is 927 g/mol. The maximum atomic E-state index is 12.8. The maximum absolute atomic E-state index is 12.8. The lowest BCUT2D eigenvalue weighted by molar-refractivity contribution is -0.220. The summed E-state index contributed by atoms with van der Waals surface area (Å²) >= 11 is 0. The second-order valence-electron chi connectivity index (χ2n) is 17.0. The Hall–Kier alpha value is -2.49. The quantitative estimate of drug-likeness (QED) is 0.0112. The summed E-state index contributed by atoms with van der Waals surface area (Å²) < 4.78 is 39.3. The average molecular weight is 927 g/mol. The predicted octanol–water partition coefficient (Wildman–Crippen LogP) is 8.71. The molecule has 15 heteroatoms. The first-order valence-electron chi connectivity index (χ1n) is 24.2. The number of phosphoric ester groups is 1. The van der Waals surface area contributed by atoms with Crippen molar-refractivity contribution in [1.82, 2.24) is 0 Å². The molecule has 0 spiro atoms. The van der Waals surface area contributed by atoms with Gasteiger partial charge in [0, 0.05) is 12.8 Å². The van der Waals surface area contributed by atoms with Crippen LogP contribution in [0.25, 0.3) is 0 Å². The Labute approximate surface area is 383 Å². The molecular weight excluding hydrogens is 843 g/mol. The average Bonchev–Trinajstić information content (AvgIpc) is 4.03. The second-order valence-corrected chi connectivity index (χ2v) is 18.4. The van der Waals surface area contributed by atoms with Gasteiger partial charge in [-0.05, 0) is 83.5 Å². The van der Waals surface area contributed by atoms with Crippen molar-refractivity contribution in [3.8, 4) is 0 Å². The van der Waals surface area contributed by atoms with Gasteiger partial charge in [0.1, 0.15) is 43.2 Å². The van der Waals surface area contributed by atoms with Gasteiger partial charge in [-0.3, -0.25) is 18.6 Å². The van der Waals surface area contributed by atoms with Gasteiger partial charge in [-0.15, -0.1) is 0 Å². The molecule has 0 bridgehead atoms. The van der Waals surface area contributed by atoms with Gasteiger partial charge in [-0.25, -0.2) is 4.57 Å². The number of phosphoric acid groups is 1. The number of carbonyl (C=O) groups is 2. The Kier molecular flexibility index (Phi) is 32.1. The van der Waals surface area contributed by atoms with Crippen LogP contribution in [0, 0.1) is 0 Å². The van der Waals surface area contributed by atoms with Crippen LogP contribution in [-0.2, 0) is 37.4 Å². The fourth-order valence-corrected chi connectivity index (χ4v) is 8.15. The molecule has 0 aromatic rings. The number of esters is 2. The van der Waals surface area contributed by atoms with E-state index in [2.05, 4.69) is 62.5 Å². The van der Waals surface area contributed by atoms with Crippen molar-refractivity contribution in [1.29, 1.82) is 0 Å². The van der Waals surface area contributed by atoms with E-state index in [0.717, 1.165) is 83.5 Å². The normalized spacial score (nSPS) is 25.2. The first-order valence-corrected chi connectivity index (χ1v) is 25.7. The standard InChI is InChI=1S/C49H83O14P/c1-3-5-7-9-11-12-13-14-15-16-17-18-19-20-23-27-31-35-42(50)59-37-39(38-60-64(57,58)63-49-47(55)45(53)44(52)46(54)48(49)56)61-43(51)36-32-28-24-21-22-26-30-34-41-40(62-41)33-29-25-10-8-6-4-2/h11-12,14-15,21,24-26,29-30,39-41,44-49,52-56H,3-10,13,16-20,22-23,27-28,31-38H2,1-2H3,(H,57,58)/b12-11-,15-14-,24-21-,29-25-,30-26-/t39-,40?,41?,44?,45-,46+,47-,48-,49?/m1/s1. The SMILES string of the molecule is CCCCC/C=C\C/C=C\CCCCCCCCCC(=O)OC[C@H](COP(=O)(O)OC1[C@H](O)[C@H](O)C(O)[C@H](O)[C@H]1O)OC(=O)CCC/C=C\C/C=C\CC1OC1C/C=C\CCCCC. The van der Waals surface area contributed by atoms with E-state index in [4.69, 9.17) is 23.3 Å². The second kappa shape index (κ2) is 35.7. The molecule has 1 saturated heterocycles. The van der Waals surface area contributed by atoms with Gasteiger partial charge in [0.25, 0.3) is 0 Å². The fraction of sp³-hybridized carbons (Fsp3) is 0.755. The maximum Gasteiger partial charge on any atom is 0.472 e. The van der Waals surface area contributed by atoms with E-state index in [1.807, 2.05) is 12.2 Å². The summed E-state index contributed by atoms with van der Waals surface area (Å²) in [7, 11) is -5.14. The lowest BCUT2D eigenvalue weighted by Gasteiger charge is -2.41. The van der Waals surface area contributed by atoms with Crippen molar-refractivity contribution in [3.63, 3.8) is 0 Å². The van der Waals surface area contributed by atoms with Crippen molar-refractivity contribution in [3.05, 3.63) is 60.8 Å². The van der Waals surface area contributed by atoms with Crippen LogP contribution in [0.1, 0.15) is 168 Å². The minimum Gasteiger partial charge on any atom is -0.462 e. The fourth-order valence-electron chi connectivity index (χ4n) is 7.17. The number of rotatable bonds is 38. The Morgan fingerprint density at radius 2 is 0.984 bits per heavy atom. The number of hydrogen-bond acceptors (Lipinski definition) is 13. The number of epoxide rings is 1. The van der Waals surface area contributed by atoms with Crippen LogP contribution in [0.4, 0.5) is 0 Å². The number of ether oxygens (including phenoxy) is 3. The molecule has 2 aliphatic rings. The predicted molar refractivity (Wildman–Crippen MR) is 248 cm³/mol. The van der Waals surface area contributed by atoms with Crippen molar-refractivity contribution >= 4 is 19.8 Å². The van der Waals surface area contributed by atoms with Crippen LogP contribution in [0.2, 0.25) is 0 Å². The number of allylic oxidation sites excluding steroid dienone is 8. The Balaban J connectivity index is 1.72. The number of aliphatic hydroxyl groups is 5. The van der Waals surface area contributed by atoms with E-state index in [0.29, 0.717) is 25.4 Å². The minimum absolute atomic E-state index is 0.0114. The molecule has 0 aromatic heterocycles. The Morgan fingerprint density at radius 3 is 1.55 bits per heavy atom. The van der Waals surface area contributed by atoms with E-state index in [1.165, 1.54) is 38.5 Å². The molecule has 1 aliphatic heterocycles. The molecule has 6 N–H and O–H groups in total. The molecule has 14 nitrogen and oxygen atoms in total. The molecule has 2 fully saturated rings. The zero-order valence-corrected chi connectivity index (χ0v) is 39.6. The van der Waals surface area contributed by atoms with Crippen molar-refractivity contribution in [2.75, 3.05) is 13.2 Å². The Morgan fingerprint density at radius 1 is 0.547 bits per heavy atom. The molecule has 1 saturated carbocycles. The van der Waals surface area contributed by atoms with Crippen molar-refractivity contribution in [2.24, 2.45) is 0 Å². The smallest absolute Gasteiger partial charge is 0.462 e. The zero-order valence-electron chi connectivity index (χ0n) is 38.8. The van der Waals surface area contributed by atoms with Crippen LogP contribution in [0.5, 0.6) is 0 Å². The van der Waals surface area contributed by atoms with Crippen LogP contribution in [0.15, 0.2) is 60.8 Å². The summed E-state index contributed by atoms with van der Waals surface area (Å²) in [5.74, 6) is -1.18. The molecule has 2 rings (SSSR count). The molecule has 64 heavy (non-hydrogen) atoms. The molecule has 5 unspecified atom stereocenters. The molecular formula is C49H83O14P. The highest BCUT2D eigenvalue weighted by molar-refractivity contribution is 7.47. The zero-order chi connectivity index (χ0) is 46.8. The highest BCUT2D eigenvalue weighted by Gasteiger charge is 2.51. The summed E-state index contributed by atoms with van der Waals surface area (Å²) in [6.07, 6.45) is 31.5. The van der Waals surface area contributed by atoms with Crippen molar-refractivity contribution < 1.29 is 67.8 Å². The van der Waals surface area contributed by atoms with Crippen LogP contribution < -0.4 is 0 Å². The third-order valence-electron chi connectivity index (χ3n) is 11.2. The van der Waals surface area contributed by atoms with E-state index < -0.39 is 75.7 Å². The number of carbonyl (C=O) groups excluding carboxylic acids is 2. The van der Waals surface area contributed by atoms with Crippen molar-refractivity contribution in [2.45, 2.75) is 223 Å². The molecule has 0 amide bonds. The summed E-state index contributed by atoms with van der Waals surface area (Å²) in [6, 6.07) is 0. The van der Waals surface area contributed by atoms with Gasteiger partial charge in [-0.2, -0.15) is 0 Å². The topological polar surface area (TPSA) is 222 Å². The Bertz CT molecular complexity index is 1420. The van der Waals surface area contributed by atoms with E-state index in [9.17, 15) is 44.6 Å². The third-order valence-corrected chi connectivity index (χ3v) is 12.2. The summed E-state index contributed by atoms with van der Waals surface area (Å²) in [6.45, 7) is 3.18. The first-order chi connectivity index (χ1) is 30.9. The molecule has 0 radical (unpaired) electrons. The number of hydrogen-bond donors (Lipinski definition) is 6. The number of unbranched alkanes of at least 4 members (excludes halogenated alkanes) is 14. The summed E-state index contributed by atoms with van der Waals surface area (Å²) in [4.78, 5) is 35.8. The van der Waals surface area contributed by atoms with Crippen LogP contribution in [0.3, 0.4) is 0 Å². The molecule has 10 atom stereocenters. The number of aliphatic hydroxyl groups excluding tert-OH is 5. The molecule has 0 aromatic carbocycles. The van der Waals surface area contributed by atoms with Crippen LogP contribution in [-0.4, -0.2) is 111 Å². The molecule has 1 heterocycles. The molecule has 1 aliphatic carbocycles. The molecule has 368 valence electrons. The van der Waals surface area contributed by atoms with Gasteiger partial charge in [0.15, 0.2) is 6.10 Å². The summed E-state index contributed by atoms with van der Waals surface area (Å²) in [5.41, 5.74) is 0. The lowest BCUT2D eigenvalue weighted by Crippen LogP contribution is -2.64. The highest BCUT2D eigenvalue weighted by atomic mass is 31.2. The highest BCUT2D eigenvalue weighted by Crippen LogP contribution is 2.47. The largest absolute Gasteiger partial charge is 0.472 e. The van der Waals surface area contributed by atoms with Crippen LogP contribution >= 0.6 is 7.82 Å². The van der Waals surface area contributed by atoms with E-state index in [1.54, 1.807) is 0 Å².